The number of thiophene rings is 1. The Labute approximate surface area is 125 Å². The normalized spacial score (nSPS) is 11.1. The number of ketones is 1. The number of fused-ring (bicyclic) bond motifs is 1. The molecular formula is C15H14N2OS2. The summed E-state index contributed by atoms with van der Waals surface area (Å²) in [5, 5.41) is 0.796. The van der Waals surface area contributed by atoms with Gasteiger partial charge in [0.15, 0.2) is 10.9 Å². The van der Waals surface area contributed by atoms with Crippen LogP contribution in [0.1, 0.15) is 20.1 Å². The van der Waals surface area contributed by atoms with Gasteiger partial charge >= 0.3 is 0 Å². The van der Waals surface area contributed by atoms with Crippen molar-refractivity contribution in [3.63, 3.8) is 0 Å². The minimum absolute atomic E-state index is 0.164. The number of imidazole rings is 1. The van der Waals surface area contributed by atoms with Crippen molar-refractivity contribution >= 4 is 39.9 Å². The summed E-state index contributed by atoms with van der Waals surface area (Å²) in [6.07, 6.45) is 0. The van der Waals surface area contributed by atoms with Gasteiger partial charge in [-0.25, -0.2) is 4.98 Å². The molecule has 3 nitrogen and oxygen atoms in total. The van der Waals surface area contributed by atoms with Gasteiger partial charge in [-0.3, -0.25) is 4.79 Å². The largest absolute Gasteiger partial charge is 0.333 e. The summed E-state index contributed by atoms with van der Waals surface area (Å²) in [4.78, 5) is 22.2. The lowest BCUT2D eigenvalue weighted by Crippen LogP contribution is -2.02. The van der Waals surface area contributed by atoms with Crippen molar-refractivity contribution in [1.82, 2.24) is 9.97 Å². The first-order chi connectivity index (χ1) is 9.63. The van der Waals surface area contributed by atoms with Gasteiger partial charge in [-0.05, 0) is 32.0 Å². The summed E-state index contributed by atoms with van der Waals surface area (Å²) in [7, 11) is 0. The number of benzene rings is 1. The zero-order valence-corrected chi connectivity index (χ0v) is 12.9. The summed E-state index contributed by atoms with van der Waals surface area (Å²) >= 11 is 3.12. The lowest BCUT2D eigenvalue weighted by Gasteiger charge is -1.98. The summed E-state index contributed by atoms with van der Waals surface area (Å²) in [5.74, 6) is 0.578. The number of nitrogens with one attached hydrogen (secondary N) is 1. The van der Waals surface area contributed by atoms with E-state index in [1.54, 1.807) is 11.3 Å². The van der Waals surface area contributed by atoms with Crippen molar-refractivity contribution in [3.05, 3.63) is 45.6 Å². The number of carbonyl (C=O) groups is 1. The Morgan fingerprint density at radius 3 is 2.85 bits per heavy atom. The molecule has 0 fully saturated rings. The first-order valence-electron chi connectivity index (χ1n) is 6.31. The van der Waals surface area contributed by atoms with Crippen LogP contribution in [0.25, 0.3) is 11.0 Å². The van der Waals surface area contributed by atoms with E-state index in [2.05, 4.69) is 9.97 Å². The molecular weight excluding hydrogens is 288 g/mol. The highest BCUT2D eigenvalue weighted by atomic mass is 32.2. The van der Waals surface area contributed by atoms with Crippen molar-refractivity contribution in [2.75, 3.05) is 5.75 Å². The van der Waals surface area contributed by atoms with E-state index in [1.807, 2.05) is 44.2 Å². The molecule has 0 bridgehead atoms. The molecule has 0 radical (unpaired) electrons. The van der Waals surface area contributed by atoms with Crippen molar-refractivity contribution < 1.29 is 4.79 Å². The second-order valence-electron chi connectivity index (χ2n) is 4.60. The Kier molecular flexibility index (Phi) is 3.63. The fourth-order valence-electron chi connectivity index (χ4n) is 2.12. The van der Waals surface area contributed by atoms with Crippen LogP contribution >= 0.6 is 23.1 Å². The molecule has 0 saturated heterocycles. The maximum Gasteiger partial charge on any atom is 0.174 e. The molecule has 102 valence electrons. The fourth-order valence-corrected chi connectivity index (χ4v) is 3.83. The van der Waals surface area contributed by atoms with E-state index in [0.717, 1.165) is 26.6 Å². The molecule has 0 aliphatic heterocycles. The molecule has 0 saturated carbocycles. The number of hydrogen-bond donors (Lipinski definition) is 1. The monoisotopic (exact) mass is 302 g/mol. The number of H-pyrrole nitrogens is 1. The van der Waals surface area contributed by atoms with Gasteiger partial charge in [0.25, 0.3) is 0 Å². The summed E-state index contributed by atoms with van der Waals surface area (Å²) in [5.41, 5.74) is 2.78. The zero-order chi connectivity index (χ0) is 14.1. The van der Waals surface area contributed by atoms with Crippen molar-refractivity contribution in [3.8, 4) is 0 Å². The third-order valence-corrected chi connectivity index (χ3v) is 4.89. The maximum atomic E-state index is 12.2. The van der Waals surface area contributed by atoms with Crippen LogP contribution in [-0.2, 0) is 0 Å². The Morgan fingerprint density at radius 1 is 1.35 bits per heavy atom. The highest BCUT2D eigenvalue weighted by Gasteiger charge is 2.13. The lowest BCUT2D eigenvalue weighted by molar-refractivity contribution is 0.102. The van der Waals surface area contributed by atoms with Crippen molar-refractivity contribution in [1.29, 1.82) is 0 Å². The molecule has 3 rings (SSSR count). The molecule has 0 atom stereocenters. The van der Waals surface area contributed by atoms with Gasteiger partial charge in [0.05, 0.1) is 16.8 Å². The maximum absolute atomic E-state index is 12.2. The quantitative estimate of drug-likeness (QED) is 0.580. The predicted octanol–water partition coefficient (Wildman–Crippen LogP) is 4.22. The van der Waals surface area contributed by atoms with Gasteiger partial charge in [0, 0.05) is 15.3 Å². The average Bonchev–Trinajstić information content (AvgIpc) is 2.98. The third kappa shape index (κ3) is 2.64. The standard InChI is InChI=1S/C15H14N2OS2/c1-9-7-11(10(2)20-9)14(18)8-19-15-16-12-5-3-4-6-13(12)17-15/h3-7H,8H2,1-2H3,(H,16,17). The smallest absolute Gasteiger partial charge is 0.174 e. The Hall–Kier alpha value is -1.59. The van der Waals surface area contributed by atoms with Gasteiger partial charge in [0.1, 0.15) is 0 Å². The Bertz CT molecular complexity index is 740. The molecule has 1 aromatic carbocycles. The molecule has 1 N–H and O–H groups in total. The van der Waals surface area contributed by atoms with E-state index in [1.165, 1.54) is 16.6 Å². The van der Waals surface area contributed by atoms with Crippen LogP contribution < -0.4 is 0 Å². The number of aromatic amines is 1. The predicted molar refractivity (Wildman–Crippen MR) is 84.9 cm³/mol. The summed E-state index contributed by atoms with van der Waals surface area (Å²) in [6.45, 7) is 4.03. The molecule has 3 aromatic rings. The number of aryl methyl sites for hydroxylation is 2. The molecule has 20 heavy (non-hydrogen) atoms. The number of aromatic nitrogens is 2. The molecule has 0 aliphatic rings. The van der Waals surface area contributed by atoms with Crippen molar-refractivity contribution in [2.24, 2.45) is 0 Å². The van der Waals surface area contributed by atoms with Crippen LogP contribution in [0.2, 0.25) is 0 Å². The van der Waals surface area contributed by atoms with E-state index in [9.17, 15) is 4.79 Å². The highest BCUT2D eigenvalue weighted by Crippen LogP contribution is 2.24. The van der Waals surface area contributed by atoms with Gasteiger partial charge in [-0.15, -0.1) is 11.3 Å². The molecule has 0 amide bonds. The average molecular weight is 302 g/mol. The SMILES string of the molecule is Cc1cc(C(=O)CSc2nc3ccccc3[nH]2)c(C)s1. The summed E-state index contributed by atoms with van der Waals surface area (Å²) < 4.78 is 0. The minimum atomic E-state index is 0.164. The molecule has 0 aliphatic carbocycles. The molecule has 0 unspecified atom stereocenters. The van der Waals surface area contributed by atoms with Crippen LogP contribution in [0.15, 0.2) is 35.5 Å². The first-order valence-corrected chi connectivity index (χ1v) is 8.11. The van der Waals surface area contributed by atoms with Gasteiger partial charge < -0.3 is 4.98 Å². The van der Waals surface area contributed by atoms with Crippen LogP contribution in [0.3, 0.4) is 0 Å². The van der Waals surface area contributed by atoms with Crippen LogP contribution in [-0.4, -0.2) is 21.5 Å². The van der Waals surface area contributed by atoms with Crippen LogP contribution in [0, 0.1) is 13.8 Å². The number of thioether (sulfide) groups is 1. The molecule has 2 heterocycles. The van der Waals surface area contributed by atoms with Crippen LogP contribution in [0.4, 0.5) is 0 Å². The second kappa shape index (κ2) is 5.42. The first kappa shape index (κ1) is 13.4. The van der Waals surface area contributed by atoms with Crippen LogP contribution in [0.5, 0.6) is 0 Å². The van der Waals surface area contributed by atoms with E-state index in [-0.39, 0.29) is 5.78 Å². The van der Waals surface area contributed by atoms with E-state index >= 15 is 0 Å². The van der Waals surface area contributed by atoms with E-state index < -0.39 is 0 Å². The number of Topliss-reactive ketones (excluding diaryl/α,β-unsaturated/α-hetero) is 1. The highest BCUT2D eigenvalue weighted by molar-refractivity contribution is 7.99. The number of rotatable bonds is 4. The van der Waals surface area contributed by atoms with E-state index in [0.29, 0.717) is 5.75 Å². The molecule has 5 heteroatoms. The molecule has 0 spiro atoms. The number of hydrogen-bond acceptors (Lipinski definition) is 4. The lowest BCUT2D eigenvalue weighted by atomic mass is 10.2. The number of nitrogens with zero attached hydrogens (tertiary/aromatic N) is 1. The fraction of sp³-hybridized carbons (Fsp3) is 0.200. The second-order valence-corrected chi connectivity index (χ2v) is 7.02. The number of para-hydroxylation sites is 2. The Balaban J connectivity index is 1.73. The number of carbonyl (C=O) groups excluding carboxylic acids is 1. The molecule has 2 aromatic heterocycles. The van der Waals surface area contributed by atoms with Gasteiger partial charge in [-0.1, -0.05) is 23.9 Å². The third-order valence-electron chi connectivity index (χ3n) is 3.05. The van der Waals surface area contributed by atoms with Gasteiger partial charge in [0.2, 0.25) is 0 Å². The minimum Gasteiger partial charge on any atom is -0.333 e. The topological polar surface area (TPSA) is 45.8 Å². The van der Waals surface area contributed by atoms with E-state index in [4.69, 9.17) is 0 Å². The Morgan fingerprint density at radius 2 is 2.15 bits per heavy atom. The van der Waals surface area contributed by atoms with Gasteiger partial charge in [-0.2, -0.15) is 0 Å². The van der Waals surface area contributed by atoms with Crippen molar-refractivity contribution in [2.45, 2.75) is 19.0 Å². The zero-order valence-electron chi connectivity index (χ0n) is 11.3. The summed E-state index contributed by atoms with van der Waals surface area (Å²) in [6, 6.07) is 9.85.